The molecule has 1 aromatic heterocycles. The second kappa shape index (κ2) is 8.20. The Bertz CT molecular complexity index is 986. The van der Waals surface area contributed by atoms with Gasteiger partial charge in [-0.05, 0) is 68.7 Å². The van der Waals surface area contributed by atoms with Crippen molar-refractivity contribution in [3.63, 3.8) is 0 Å². The highest BCUT2D eigenvalue weighted by molar-refractivity contribution is 7.89. The van der Waals surface area contributed by atoms with Crippen molar-refractivity contribution < 1.29 is 22.7 Å². The molecule has 0 aliphatic heterocycles. The first-order chi connectivity index (χ1) is 13.3. The SMILES string of the molecule is Cc1cc(/C=C/C(=O)OCCOc2ccc(S(N)(=O)=O)cc2)c(C)n1C1CC1. The topological polar surface area (TPSA) is 101 Å². The van der Waals surface area contributed by atoms with E-state index in [0.29, 0.717) is 11.8 Å². The van der Waals surface area contributed by atoms with Gasteiger partial charge < -0.3 is 14.0 Å². The third-order valence-corrected chi connectivity index (χ3v) is 5.51. The van der Waals surface area contributed by atoms with Crippen LogP contribution in [0.25, 0.3) is 6.08 Å². The first kappa shape index (κ1) is 20.2. The highest BCUT2D eigenvalue weighted by atomic mass is 32.2. The summed E-state index contributed by atoms with van der Waals surface area (Å²) in [7, 11) is -3.73. The monoisotopic (exact) mass is 404 g/mol. The van der Waals surface area contributed by atoms with E-state index in [4.69, 9.17) is 14.6 Å². The van der Waals surface area contributed by atoms with Crippen molar-refractivity contribution in [2.45, 2.75) is 37.6 Å². The van der Waals surface area contributed by atoms with Crippen LogP contribution in [0.15, 0.2) is 41.3 Å². The first-order valence-corrected chi connectivity index (χ1v) is 10.6. The molecule has 7 nitrogen and oxygen atoms in total. The number of nitrogens with two attached hydrogens (primary N) is 1. The van der Waals surface area contributed by atoms with Crippen LogP contribution >= 0.6 is 0 Å². The zero-order valence-corrected chi connectivity index (χ0v) is 16.7. The summed E-state index contributed by atoms with van der Waals surface area (Å²) in [6.45, 7) is 4.38. The molecule has 0 amide bonds. The molecule has 1 aliphatic rings. The fourth-order valence-corrected chi connectivity index (χ4v) is 3.61. The zero-order valence-electron chi connectivity index (χ0n) is 15.9. The summed E-state index contributed by atoms with van der Waals surface area (Å²) in [6, 6.07) is 8.39. The maximum atomic E-state index is 11.9. The Morgan fingerprint density at radius 2 is 1.89 bits per heavy atom. The quantitative estimate of drug-likeness (QED) is 0.414. The van der Waals surface area contributed by atoms with Gasteiger partial charge in [0.05, 0.1) is 4.90 Å². The van der Waals surface area contributed by atoms with Gasteiger partial charge in [-0.15, -0.1) is 0 Å². The van der Waals surface area contributed by atoms with Crippen LogP contribution in [-0.2, 0) is 19.6 Å². The van der Waals surface area contributed by atoms with Crippen LogP contribution in [0.1, 0.15) is 35.8 Å². The molecule has 1 fully saturated rings. The number of carbonyl (C=O) groups is 1. The van der Waals surface area contributed by atoms with E-state index in [1.54, 1.807) is 6.08 Å². The molecule has 150 valence electrons. The molecule has 0 unspecified atom stereocenters. The minimum Gasteiger partial charge on any atom is -0.490 e. The summed E-state index contributed by atoms with van der Waals surface area (Å²) in [5.74, 6) is 0.0240. The van der Waals surface area contributed by atoms with Crippen LogP contribution in [0.3, 0.4) is 0 Å². The average molecular weight is 404 g/mol. The van der Waals surface area contributed by atoms with Crippen molar-refractivity contribution >= 4 is 22.1 Å². The number of hydrogen-bond acceptors (Lipinski definition) is 5. The van der Waals surface area contributed by atoms with E-state index >= 15 is 0 Å². The van der Waals surface area contributed by atoms with Gasteiger partial charge in [-0.1, -0.05) is 0 Å². The molecule has 0 radical (unpaired) electrons. The molecule has 0 atom stereocenters. The van der Waals surface area contributed by atoms with Gasteiger partial charge in [0.2, 0.25) is 10.0 Å². The van der Waals surface area contributed by atoms with Crippen molar-refractivity contribution in [1.29, 1.82) is 0 Å². The van der Waals surface area contributed by atoms with Crippen molar-refractivity contribution in [2.24, 2.45) is 5.14 Å². The molecule has 0 spiro atoms. The van der Waals surface area contributed by atoms with Crippen LogP contribution < -0.4 is 9.88 Å². The molecule has 8 heteroatoms. The fraction of sp³-hybridized carbons (Fsp3) is 0.350. The van der Waals surface area contributed by atoms with Gasteiger partial charge in [-0.25, -0.2) is 18.4 Å². The zero-order chi connectivity index (χ0) is 20.3. The third-order valence-electron chi connectivity index (χ3n) is 4.58. The number of aromatic nitrogens is 1. The van der Waals surface area contributed by atoms with Crippen LogP contribution in [0.5, 0.6) is 5.75 Å². The van der Waals surface area contributed by atoms with Gasteiger partial charge in [-0.2, -0.15) is 0 Å². The molecule has 1 aliphatic carbocycles. The lowest BCUT2D eigenvalue weighted by Gasteiger charge is -2.07. The van der Waals surface area contributed by atoms with E-state index in [2.05, 4.69) is 24.5 Å². The summed E-state index contributed by atoms with van der Waals surface area (Å²) < 4.78 is 35.2. The maximum absolute atomic E-state index is 11.9. The smallest absolute Gasteiger partial charge is 0.330 e. The minimum absolute atomic E-state index is 0.0115. The van der Waals surface area contributed by atoms with E-state index < -0.39 is 16.0 Å². The van der Waals surface area contributed by atoms with Crippen molar-refractivity contribution in [3.05, 3.63) is 53.4 Å². The Labute approximate surface area is 164 Å². The van der Waals surface area contributed by atoms with E-state index in [1.807, 2.05) is 0 Å². The van der Waals surface area contributed by atoms with Gasteiger partial charge in [0.15, 0.2) is 0 Å². The molecule has 1 aromatic carbocycles. The lowest BCUT2D eigenvalue weighted by Crippen LogP contribution is -2.12. The molecule has 1 saturated carbocycles. The van der Waals surface area contributed by atoms with Crippen molar-refractivity contribution in [1.82, 2.24) is 4.57 Å². The van der Waals surface area contributed by atoms with E-state index in [9.17, 15) is 13.2 Å². The van der Waals surface area contributed by atoms with E-state index in [1.165, 1.54) is 48.9 Å². The number of sulfonamides is 1. The van der Waals surface area contributed by atoms with Gasteiger partial charge in [0.25, 0.3) is 0 Å². The Hall–Kier alpha value is -2.58. The van der Waals surface area contributed by atoms with Crippen molar-refractivity contribution in [2.75, 3.05) is 13.2 Å². The number of carbonyl (C=O) groups excluding carboxylic acids is 1. The highest BCUT2D eigenvalue weighted by Gasteiger charge is 2.26. The average Bonchev–Trinajstić information content (AvgIpc) is 3.42. The number of primary sulfonamides is 1. The second-order valence-electron chi connectivity index (χ2n) is 6.79. The van der Waals surface area contributed by atoms with Gasteiger partial charge in [-0.3, -0.25) is 0 Å². The highest BCUT2D eigenvalue weighted by Crippen LogP contribution is 2.38. The lowest BCUT2D eigenvalue weighted by molar-refractivity contribution is -0.138. The van der Waals surface area contributed by atoms with Crippen LogP contribution in [-0.4, -0.2) is 32.2 Å². The Kier molecular flexibility index (Phi) is 5.90. The maximum Gasteiger partial charge on any atom is 0.330 e. The summed E-state index contributed by atoms with van der Waals surface area (Å²) in [4.78, 5) is 11.9. The molecule has 0 bridgehead atoms. The Morgan fingerprint density at radius 3 is 2.50 bits per heavy atom. The van der Waals surface area contributed by atoms with Gasteiger partial charge in [0, 0.05) is 23.5 Å². The Balaban J connectivity index is 1.45. The second-order valence-corrected chi connectivity index (χ2v) is 8.35. The standard InChI is InChI=1S/C20H24N2O5S/c1-14-13-16(15(2)22(14)17-4-5-17)3-10-20(23)27-12-11-26-18-6-8-19(9-7-18)28(21,24)25/h3,6-10,13,17H,4-5,11-12H2,1-2H3,(H2,21,24,25)/b10-3+. The number of benzene rings is 1. The summed E-state index contributed by atoms with van der Waals surface area (Å²) in [5.41, 5.74) is 3.39. The molecule has 2 N–H and O–H groups in total. The number of rotatable bonds is 8. The number of ether oxygens (including phenoxy) is 2. The molecule has 2 aromatic rings. The summed E-state index contributed by atoms with van der Waals surface area (Å²) >= 11 is 0. The first-order valence-electron chi connectivity index (χ1n) is 9.04. The number of esters is 1. The molecule has 28 heavy (non-hydrogen) atoms. The number of nitrogens with zero attached hydrogens (tertiary/aromatic N) is 1. The molecule has 1 heterocycles. The largest absolute Gasteiger partial charge is 0.490 e. The van der Waals surface area contributed by atoms with Gasteiger partial charge in [0.1, 0.15) is 19.0 Å². The van der Waals surface area contributed by atoms with Crippen molar-refractivity contribution in [3.8, 4) is 5.75 Å². The predicted octanol–water partition coefficient (Wildman–Crippen LogP) is 2.72. The van der Waals surface area contributed by atoms with Crippen LogP contribution in [0, 0.1) is 13.8 Å². The minimum atomic E-state index is -3.73. The van der Waals surface area contributed by atoms with Gasteiger partial charge >= 0.3 is 5.97 Å². The molecule has 3 rings (SSSR count). The lowest BCUT2D eigenvalue weighted by atomic mass is 10.2. The predicted molar refractivity (Wildman–Crippen MR) is 105 cm³/mol. The van der Waals surface area contributed by atoms with Crippen LogP contribution in [0.4, 0.5) is 0 Å². The summed E-state index contributed by atoms with van der Waals surface area (Å²) in [5, 5.41) is 5.04. The third kappa shape index (κ3) is 5.02. The fourth-order valence-electron chi connectivity index (χ4n) is 3.10. The Morgan fingerprint density at radius 1 is 1.21 bits per heavy atom. The van der Waals surface area contributed by atoms with Crippen LogP contribution in [0.2, 0.25) is 0 Å². The molecular weight excluding hydrogens is 380 g/mol. The summed E-state index contributed by atoms with van der Waals surface area (Å²) in [6.07, 6.45) is 5.62. The molecule has 0 saturated heterocycles. The van der Waals surface area contributed by atoms with E-state index in [0.717, 1.165) is 11.3 Å². The number of aryl methyl sites for hydroxylation is 1. The number of hydrogen-bond donors (Lipinski definition) is 1. The molecular formula is C20H24N2O5S. The van der Waals surface area contributed by atoms with E-state index in [-0.39, 0.29) is 18.1 Å². The normalized spacial score (nSPS) is 14.4.